The van der Waals surface area contributed by atoms with Crippen molar-refractivity contribution in [3.8, 4) is 0 Å². The van der Waals surface area contributed by atoms with E-state index in [9.17, 15) is 4.79 Å². The summed E-state index contributed by atoms with van der Waals surface area (Å²) in [4.78, 5) is 16.1. The minimum absolute atomic E-state index is 0.112. The first-order valence-electron chi connectivity index (χ1n) is 6.25. The summed E-state index contributed by atoms with van der Waals surface area (Å²) in [6, 6.07) is -0.347. The molecule has 2 rings (SSSR count). The van der Waals surface area contributed by atoms with Crippen LogP contribution in [0.5, 0.6) is 0 Å². The highest BCUT2D eigenvalue weighted by molar-refractivity contribution is 5.81. The zero-order valence-electron chi connectivity index (χ0n) is 10.4. The maximum Gasteiger partial charge on any atom is 0.239 e. The van der Waals surface area contributed by atoms with E-state index in [2.05, 4.69) is 11.9 Å². The number of amides is 1. The van der Waals surface area contributed by atoms with Gasteiger partial charge in [0.1, 0.15) is 0 Å². The third-order valence-electron chi connectivity index (χ3n) is 4.15. The van der Waals surface area contributed by atoms with Gasteiger partial charge >= 0.3 is 0 Å². The highest BCUT2D eigenvalue weighted by Crippen LogP contribution is 2.39. The fraction of sp³-hybridized carbons (Fsp3) is 0.917. The summed E-state index contributed by atoms with van der Waals surface area (Å²) in [5.74, 6) is 0.112. The highest BCUT2D eigenvalue weighted by Gasteiger charge is 2.40. The molecule has 4 heteroatoms. The molecule has 1 amide bonds. The number of hydrogen-bond acceptors (Lipinski definition) is 3. The molecule has 2 aliphatic rings. The van der Waals surface area contributed by atoms with Gasteiger partial charge < -0.3 is 15.5 Å². The van der Waals surface area contributed by atoms with Crippen molar-refractivity contribution in [2.45, 2.75) is 32.2 Å². The topological polar surface area (TPSA) is 49.6 Å². The number of nitrogens with two attached hydrogens (primary N) is 1. The molecule has 0 aromatic carbocycles. The van der Waals surface area contributed by atoms with E-state index in [0.29, 0.717) is 5.41 Å². The maximum atomic E-state index is 11.8. The van der Waals surface area contributed by atoms with Crippen molar-refractivity contribution in [3.63, 3.8) is 0 Å². The quantitative estimate of drug-likeness (QED) is 0.697. The van der Waals surface area contributed by atoms with Crippen LogP contribution in [0.15, 0.2) is 0 Å². The van der Waals surface area contributed by atoms with Gasteiger partial charge in [-0.15, -0.1) is 0 Å². The predicted molar refractivity (Wildman–Crippen MR) is 64.0 cm³/mol. The molecule has 2 aliphatic heterocycles. The van der Waals surface area contributed by atoms with Gasteiger partial charge in [-0.05, 0) is 45.2 Å². The van der Waals surface area contributed by atoms with Crippen LogP contribution in [0, 0.1) is 5.41 Å². The molecule has 16 heavy (non-hydrogen) atoms. The lowest BCUT2D eigenvalue weighted by molar-refractivity contribution is -0.134. The molecule has 92 valence electrons. The third-order valence-corrected chi connectivity index (χ3v) is 4.15. The van der Waals surface area contributed by atoms with E-state index < -0.39 is 0 Å². The molecule has 0 aliphatic carbocycles. The molecular weight excluding hydrogens is 202 g/mol. The third kappa shape index (κ3) is 2.23. The van der Waals surface area contributed by atoms with Crippen molar-refractivity contribution in [2.75, 3.05) is 33.2 Å². The smallest absolute Gasteiger partial charge is 0.239 e. The van der Waals surface area contributed by atoms with E-state index in [-0.39, 0.29) is 11.9 Å². The molecule has 0 saturated carbocycles. The van der Waals surface area contributed by atoms with Crippen LogP contribution in [0.3, 0.4) is 0 Å². The summed E-state index contributed by atoms with van der Waals surface area (Å²) in [6.45, 7) is 5.98. The monoisotopic (exact) mass is 225 g/mol. The Labute approximate surface area is 97.8 Å². The number of rotatable bonds is 1. The zero-order chi connectivity index (χ0) is 11.8. The number of nitrogens with zero attached hydrogens (tertiary/aromatic N) is 2. The number of likely N-dealkylation sites (tertiary alicyclic amines) is 2. The first-order chi connectivity index (χ1) is 7.52. The first-order valence-corrected chi connectivity index (χ1v) is 6.25. The predicted octanol–water partition coefficient (Wildman–Crippen LogP) is 0.278. The van der Waals surface area contributed by atoms with Gasteiger partial charge in [-0.2, -0.15) is 0 Å². The molecule has 0 aromatic rings. The number of carbonyl (C=O) groups excluding carboxylic acids is 1. The van der Waals surface area contributed by atoms with Crippen molar-refractivity contribution in [2.24, 2.45) is 11.1 Å². The fourth-order valence-electron chi connectivity index (χ4n) is 3.06. The Kier molecular flexibility index (Phi) is 3.22. The standard InChI is InChI=1S/C12H23N3O/c1-10(13)11(16)15-7-4-12(5-8-15)3-6-14(2)9-12/h10H,3-9,13H2,1-2H3/t10-/m0/s1. The van der Waals surface area contributed by atoms with E-state index in [0.717, 1.165) is 25.9 Å². The number of hydrogen-bond donors (Lipinski definition) is 1. The Morgan fingerprint density at radius 2 is 1.81 bits per heavy atom. The molecule has 0 radical (unpaired) electrons. The largest absolute Gasteiger partial charge is 0.341 e. The van der Waals surface area contributed by atoms with Crippen LogP contribution in [-0.4, -0.2) is 55.0 Å². The molecule has 2 saturated heterocycles. The Balaban J connectivity index is 1.90. The molecule has 4 nitrogen and oxygen atoms in total. The van der Waals surface area contributed by atoms with Crippen LogP contribution >= 0.6 is 0 Å². The van der Waals surface area contributed by atoms with Gasteiger partial charge in [-0.25, -0.2) is 0 Å². The van der Waals surface area contributed by atoms with Gasteiger partial charge in [-0.3, -0.25) is 4.79 Å². The molecule has 2 N–H and O–H groups in total. The van der Waals surface area contributed by atoms with Crippen LogP contribution in [-0.2, 0) is 4.79 Å². The Morgan fingerprint density at radius 1 is 1.25 bits per heavy atom. The van der Waals surface area contributed by atoms with E-state index in [4.69, 9.17) is 5.73 Å². The van der Waals surface area contributed by atoms with Gasteiger partial charge in [-0.1, -0.05) is 0 Å². The highest BCUT2D eigenvalue weighted by atomic mass is 16.2. The number of piperidine rings is 1. The molecule has 0 unspecified atom stereocenters. The fourth-order valence-corrected chi connectivity index (χ4v) is 3.06. The number of carbonyl (C=O) groups is 1. The first kappa shape index (κ1) is 11.9. The van der Waals surface area contributed by atoms with Crippen molar-refractivity contribution < 1.29 is 4.79 Å². The van der Waals surface area contributed by atoms with Crippen LogP contribution in [0.4, 0.5) is 0 Å². The van der Waals surface area contributed by atoms with Crippen molar-refractivity contribution in [1.29, 1.82) is 0 Å². The van der Waals surface area contributed by atoms with Gasteiger partial charge in [0.05, 0.1) is 6.04 Å². The van der Waals surface area contributed by atoms with E-state index in [1.807, 2.05) is 4.90 Å². The van der Waals surface area contributed by atoms with E-state index >= 15 is 0 Å². The van der Waals surface area contributed by atoms with E-state index in [1.54, 1.807) is 6.92 Å². The SMILES string of the molecule is C[C@H](N)C(=O)N1CCC2(CCN(C)C2)CC1. The normalized spacial score (nSPS) is 27.3. The summed E-state index contributed by atoms with van der Waals surface area (Å²) >= 11 is 0. The Morgan fingerprint density at radius 3 is 2.25 bits per heavy atom. The molecule has 2 fully saturated rings. The molecule has 0 bridgehead atoms. The van der Waals surface area contributed by atoms with Crippen molar-refractivity contribution >= 4 is 5.91 Å². The molecular formula is C12H23N3O. The average Bonchev–Trinajstić information content (AvgIpc) is 2.60. The lowest BCUT2D eigenvalue weighted by Crippen LogP contribution is -2.48. The van der Waals surface area contributed by atoms with Crippen LogP contribution in [0.25, 0.3) is 0 Å². The second-order valence-electron chi connectivity index (χ2n) is 5.60. The summed E-state index contributed by atoms with van der Waals surface area (Å²) in [6.07, 6.45) is 3.59. The van der Waals surface area contributed by atoms with Crippen LogP contribution < -0.4 is 5.73 Å². The van der Waals surface area contributed by atoms with Crippen LogP contribution in [0.2, 0.25) is 0 Å². The molecule has 0 aromatic heterocycles. The second kappa shape index (κ2) is 4.34. The Bertz CT molecular complexity index is 269. The lowest BCUT2D eigenvalue weighted by atomic mass is 9.77. The minimum atomic E-state index is -0.347. The van der Waals surface area contributed by atoms with E-state index in [1.165, 1.54) is 19.5 Å². The Hall–Kier alpha value is -0.610. The molecule has 1 atom stereocenters. The summed E-state index contributed by atoms with van der Waals surface area (Å²) in [5, 5.41) is 0. The zero-order valence-corrected chi connectivity index (χ0v) is 10.4. The molecule has 1 spiro atoms. The average molecular weight is 225 g/mol. The van der Waals surface area contributed by atoms with Gasteiger partial charge in [0.15, 0.2) is 0 Å². The molecule has 2 heterocycles. The van der Waals surface area contributed by atoms with Gasteiger partial charge in [0.2, 0.25) is 5.91 Å². The lowest BCUT2D eigenvalue weighted by Gasteiger charge is -2.39. The van der Waals surface area contributed by atoms with Gasteiger partial charge in [0.25, 0.3) is 0 Å². The van der Waals surface area contributed by atoms with Crippen LogP contribution in [0.1, 0.15) is 26.2 Å². The van der Waals surface area contributed by atoms with Gasteiger partial charge in [0, 0.05) is 19.6 Å². The maximum absolute atomic E-state index is 11.8. The summed E-state index contributed by atoms with van der Waals surface area (Å²) < 4.78 is 0. The summed E-state index contributed by atoms with van der Waals surface area (Å²) in [7, 11) is 2.19. The minimum Gasteiger partial charge on any atom is -0.341 e. The van der Waals surface area contributed by atoms with Crippen molar-refractivity contribution in [1.82, 2.24) is 9.80 Å². The van der Waals surface area contributed by atoms with Crippen molar-refractivity contribution in [3.05, 3.63) is 0 Å². The second-order valence-corrected chi connectivity index (χ2v) is 5.60. The summed E-state index contributed by atoms with van der Waals surface area (Å²) in [5.41, 5.74) is 6.12.